The van der Waals surface area contributed by atoms with E-state index in [4.69, 9.17) is 0 Å². The Labute approximate surface area is 166 Å². The molecule has 0 spiro atoms. The van der Waals surface area contributed by atoms with Gasteiger partial charge in [-0.1, -0.05) is 36.4 Å². The van der Waals surface area contributed by atoms with Gasteiger partial charge in [-0.3, -0.25) is 19.5 Å². The first-order valence-corrected chi connectivity index (χ1v) is 9.78. The monoisotopic (exact) mass is 380 g/mol. The number of benzene rings is 1. The summed E-state index contributed by atoms with van der Waals surface area (Å²) in [5.74, 6) is -0.0837. The molecule has 1 fully saturated rings. The summed E-state index contributed by atoms with van der Waals surface area (Å²) in [5.41, 5.74) is 2.13. The second-order valence-electron chi connectivity index (χ2n) is 7.44. The van der Waals surface area contributed by atoms with E-state index in [9.17, 15) is 9.59 Å². The van der Waals surface area contributed by atoms with Crippen molar-refractivity contribution in [3.63, 3.8) is 0 Å². The molecule has 0 aliphatic carbocycles. The van der Waals surface area contributed by atoms with Crippen molar-refractivity contribution >= 4 is 11.8 Å². The third-order valence-corrected chi connectivity index (χ3v) is 5.06. The van der Waals surface area contributed by atoms with E-state index in [1.807, 2.05) is 61.2 Å². The molecule has 1 aromatic heterocycles. The van der Waals surface area contributed by atoms with Gasteiger partial charge in [-0.05, 0) is 31.0 Å². The highest BCUT2D eigenvalue weighted by molar-refractivity contribution is 5.89. The fourth-order valence-electron chi connectivity index (χ4n) is 3.52. The molecule has 1 aliphatic rings. The molecule has 6 nitrogen and oxygen atoms in total. The van der Waals surface area contributed by atoms with Crippen molar-refractivity contribution in [1.82, 2.24) is 20.1 Å². The van der Waals surface area contributed by atoms with E-state index in [0.29, 0.717) is 19.6 Å². The van der Waals surface area contributed by atoms with Crippen molar-refractivity contribution in [1.29, 1.82) is 0 Å². The van der Waals surface area contributed by atoms with E-state index in [0.717, 1.165) is 17.7 Å². The first-order valence-electron chi connectivity index (χ1n) is 9.78. The van der Waals surface area contributed by atoms with Crippen LogP contribution in [0.5, 0.6) is 0 Å². The van der Waals surface area contributed by atoms with Gasteiger partial charge >= 0.3 is 0 Å². The molecule has 0 saturated carbocycles. The van der Waals surface area contributed by atoms with E-state index in [1.54, 1.807) is 12.4 Å². The molecule has 28 heavy (non-hydrogen) atoms. The zero-order valence-electron chi connectivity index (χ0n) is 16.5. The molecule has 1 atom stereocenters. The maximum Gasteiger partial charge on any atom is 0.237 e. The summed E-state index contributed by atoms with van der Waals surface area (Å²) in [6.45, 7) is 6.50. The van der Waals surface area contributed by atoms with Gasteiger partial charge in [-0.2, -0.15) is 0 Å². The zero-order chi connectivity index (χ0) is 19.9. The van der Waals surface area contributed by atoms with E-state index in [2.05, 4.69) is 15.2 Å². The topological polar surface area (TPSA) is 65.5 Å². The molecule has 1 saturated heterocycles. The highest BCUT2D eigenvalue weighted by Gasteiger charge is 2.33. The lowest BCUT2D eigenvalue weighted by Crippen LogP contribution is -2.56. The van der Waals surface area contributed by atoms with Crippen LogP contribution in [-0.2, 0) is 22.7 Å². The Morgan fingerprint density at radius 1 is 1.21 bits per heavy atom. The molecule has 1 N–H and O–H groups in total. The van der Waals surface area contributed by atoms with Crippen molar-refractivity contribution in [3.8, 4) is 0 Å². The molecular weight excluding hydrogens is 352 g/mol. The molecule has 2 amide bonds. The molecule has 0 radical (unpaired) electrons. The summed E-state index contributed by atoms with van der Waals surface area (Å²) < 4.78 is 0. The quantitative estimate of drug-likeness (QED) is 0.800. The number of carbonyl (C=O) groups is 2. The smallest absolute Gasteiger partial charge is 0.237 e. The van der Waals surface area contributed by atoms with Gasteiger partial charge in [0.1, 0.15) is 0 Å². The third kappa shape index (κ3) is 5.16. The second kappa shape index (κ2) is 9.46. The second-order valence-corrected chi connectivity index (χ2v) is 7.44. The fraction of sp³-hybridized carbons (Fsp3) is 0.409. The van der Waals surface area contributed by atoms with Crippen LogP contribution < -0.4 is 5.32 Å². The third-order valence-electron chi connectivity index (χ3n) is 5.06. The average Bonchev–Trinajstić information content (AvgIpc) is 2.70. The largest absolute Gasteiger partial charge is 0.353 e. The van der Waals surface area contributed by atoms with Crippen LogP contribution in [0, 0.1) is 0 Å². The Morgan fingerprint density at radius 2 is 1.96 bits per heavy atom. The molecule has 1 aromatic carbocycles. The summed E-state index contributed by atoms with van der Waals surface area (Å²) >= 11 is 0. The average molecular weight is 380 g/mol. The maximum absolute atomic E-state index is 13.1. The summed E-state index contributed by atoms with van der Waals surface area (Å²) in [7, 11) is 0. The molecule has 1 aliphatic heterocycles. The van der Waals surface area contributed by atoms with Gasteiger partial charge in [0.05, 0.1) is 12.5 Å². The lowest BCUT2D eigenvalue weighted by Gasteiger charge is -2.36. The standard InChI is InChI=1S/C22H28N4O2/c1-17(2)26(16-19-9-6-10-23-14-19)21(27)13-20-22(28)24-11-12-25(20)15-18-7-4-3-5-8-18/h3-10,14,17,20H,11-13,15-16H2,1-2H3,(H,24,28). The van der Waals surface area contributed by atoms with Gasteiger partial charge in [0.25, 0.3) is 0 Å². The number of piperazine rings is 1. The van der Waals surface area contributed by atoms with Crippen molar-refractivity contribution in [2.24, 2.45) is 0 Å². The minimum atomic E-state index is -0.448. The summed E-state index contributed by atoms with van der Waals surface area (Å²) in [5, 5.41) is 2.91. The first-order chi connectivity index (χ1) is 13.5. The molecule has 6 heteroatoms. The van der Waals surface area contributed by atoms with Crippen molar-refractivity contribution < 1.29 is 9.59 Å². The summed E-state index contributed by atoms with van der Waals surface area (Å²) in [4.78, 5) is 33.7. The number of nitrogens with one attached hydrogen (secondary N) is 1. The van der Waals surface area contributed by atoms with Gasteiger partial charge in [0, 0.05) is 44.6 Å². The molecule has 3 rings (SSSR count). The lowest BCUT2D eigenvalue weighted by atomic mass is 10.1. The van der Waals surface area contributed by atoms with Crippen LogP contribution in [0.1, 0.15) is 31.4 Å². The predicted octanol–water partition coefficient (Wildman–Crippen LogP) is 2.21. The molecular formula is C22H28N4O2. The number of carbonyl (C=O) groups excluding carboxylic acids is 2. The van der Waals surface area contributed by atoms with Gasteiger partial charge in [0.2, 0.25) is 11.8 Å². The van der Waals surface area contributed by atoms with Crippen LogP contribution in [0.2, 0.25) is 0 Å². The Hall–Kier alpha value is -2.73. The molecule has 1 unspecified atom stereocenters. The van der Waals surface area contributed by atoms with Crippen LogP contribution in [0.3, 0.4) is 0 Å². The van der Waals surface area contributed by atoms with Crippen molar-refractivity contribution in [3.05, 3.63) is 66.0 Å². The Kier molecular flexibility index (Phi) is 6.76. The van der Waals surface area contributed by atoms with Crippen molar-refractivity contribution in [2.75, 3.05) is 13.1 Å². The van der Waals surface area contributed by atoms with Crippen LogP contribution >= 0.6 is 0 Å². The SMILES string of the molecule is CC(C)N(Cc1cccnc1)C(=O)CC1C(=O)NCCN1Cc1ccccc1. The van der Waals surface area contributed by atoms with Gasteiger partial charge in [-0.15, -0.1) is 0 Å². The Balaban J connectivity index is 1.71. The predicted molar refractivity (Wildman–Crippen MR) is 108 cm³/mol. The Bertz CT molecular complexity index is 780. The van der Waals surface area contributed by atoms with Crippen molar-refractivity contribution in [2.45, 2.75) is 45.4 Å². The highest BCUT2D eigenvalue weighted by Crippen LogP contribution is 2.17. The first kappa shape index (κ1) is 20.0. The highest BCUT2D eigenvalue weighted by atomic mass is 16.2. The number of nitrogens with zero attached hydrogens (tertiary/aromatic N) is 3. The van der Waals surface area contributed by atoms with Crippen LogP contribution in [0.25, 0.3) is 0 Å². The van der Waals surface area contributed by atoms with Crippen LogP contribution in [0.4, 0.5) is 0 Å². The van der Waals surface area contributed by atoms with E-state index >= 15 is 0 Å². The van der Waals surface area contributed by atoms with E-state index < -0.39 is 6.04 Å². The normalized spacial score (nSPS) is 17.4. The maximum atomic E-state index is 13.1. The number of pyridine rings is 1. The summed E-state index contributed by atoms with van der Waals surface area (Å²) in [6, 6.07) is 13.5. The van der Waals surface area contributed by atoms with Gasteiger partial charge in [-0.25, -0.2) is 0 Å². The van der Waals surface area contributed by atoms with E-state index in [-0.39, 0.29) is 24.3 Å². The Morgan fingerprint density at radius 3 is 2.64 bits per heavy atom. The minimum absolute atomic E-state index is 0.0148. The fourth-order valence-corrected chi connectivity index (χ4v) is 3.52. The zero-order valence-corrected chi connectivity index (χ0v) is 16.5. The summed E-state index contributed by atoms with van der Waals surface area (Å²) in [6.07, 6.45) is 3.67. The van der Waals surface area contributed by atoms with E-state index in [1.165, 1.54) is 0 Å². The number of hydrogen-bond donors (Lipinski definition) is 1. The number of aromatic nitrogens is 1. The lowest BCUT2D eigenvalue weighted by molar-refractivity contribution is -0.140. The van der Waals surface area contributed by atoms with Crippen LogP contribution in [-0.4, -0.2) is 51.8 Å². The molecule has 0 bridgehead atoms. The minimum Gasteiger partial charge on any atom is -0.353 e. The number of amides is 2. The van der Waals surface area contributed by atoms with Gasteiger partial charge < -0.3 is 10.2 Å². The van der Waals surface area contributed by atoms with Gasteiger partial charge in [0.15, 0.2) is 0 Å². The molecule has 2 aromatic rings. The number of hydrogen-bond acceptors (Lipinski definition) is 4. The molecule has 2 heterocycles. The number of rotatable bonds is 7. The molecule has 148 valence electrons. The van der Waals surface area contributed by atoms with Crippen LogP contribution in [0.15, 0.2) is 54.9 Å².